The quantitative estimate of drug-likeness (QED) is 0.754. The zero-order valence-electron chi connectivity index (χ0n) is 10.5. The van der Waals surface area contributed by atoms with Gasteiger partial charge in [-0.05, 0) is 18.2 Å². The summed E-state index contributed by atoms with van der Waals surface area (Å²) in [6.07, 6.45) is 1.07. The van der Waals surface area contributed by atoms with Crippen LogP contribution >= 0.6 is 11.6 Å². The Kier molecular flexibility index (Phi) is 5.34. The van der Waals surface area contributed by atoms with Gasteiger partial charge >= 0.3 is 12.0 Å². The summed E-state index contributed by atoms with van der Waals surface area (Å²) in [5.74, 6) is -1.33. The minimum absolute atomic E-state index is 0.00793. The molecule has 0 saturated heterocycles. The maximum absolute atomic E-state index is 11.5. The molecule has 0 aliphatic carbocycles. The number of anilines is 1. The molecule has 0 bridgehead atoms. The summed E-state index contributed by atoms with van der Waals surface area (Å²) in [5, 5.41) is 13.6. The third kappa shape index (κ3) is 5.45. The summed E-state index contributed by atoms with van der Waals surface area (Å²) in [5.41, 5.74) is 0.228. The van der Waals surface area contributed by atoms with Gasteiger partial charge in [0, 0.05) is 18.5 Å². The maximum Gasteiger partial charge on any atom is 0.337 e. The summed E-state index contributed by atoms with van der Waals surface area (Å²) in [6, 6.07) is 3.33. The number of urea groups is 1. The second-order valence-corrected chi connectivity index (χ2v) is 6.68. The smallest absolute Gasteiger partial charge is 0.337 e. The minimum atomic E-state index is -3.14. The van der Waals surface area contributed by atoms with E-state index in [1.807, 2.05) is 0 Å². The molecule has 0 unspecified atom stereocenters. The molecule has 1 aromatic rings. The topological polar surface area (TPSA) is 113 Å². The Balaban J connectivity index is 2.59. The summed E-state index contributed by atoms with van der Waals surface area (Å²) in [4.78, 5) is 22.2. The molecule has 9 heteroatoms. The number of carboxylic acids is 1. The summed E-state index contributed by atoms with van der Waals surface area (Å²) in [7, 11) is -3.14. The fourth-order valence-corrected chi connectivity index (χ4v) is 2.03. The molecular formula is C11H13ClN2O5S. The Labute approximate surface area is 120 Å². The number of amides is 2. The standard InChI is InChI=1S/C11H13ClN2O5S/c1-20(18,19)5-4-13-11(17)14-7-2-3-8(10(15)16)9(12)6-7/h2-3,6H,4-5H2,1H3,(H,15,16)(H2,13,14,17). The van der Waals surface area contributed by atoms with Crippen LogP contribution < -0.4 is 10.6 Å². The van der Waals surface area contributed by atoms with Gasteiger partial charge in [0.05, 0.1) is 16.3 Å². The van der Waals surface area contributed by atoms with E-state index >= 15 is 0 Å². The molecule has 0 radical (unpaired) electrons. The zero-order chi connectivity index (χ0) is 15.3. The van der Waals surface area contributed by atoms with Gasteiger partial charge in [-0.3, -0.25) is 0 Å². The minimum Gasteiger partial charge on any atom is -0.478 e. The van der Waals surface area contributed by atoms with Gasteiger partial charge in [-0.25, -0.2) is 18.0 Å². The van der Waals surface area contributed by atoms with Crippen LogP contribution in [0, 0.1) is 0 Å². The van der Waals surface area contributed by atoms with Crippen molar-refractivity contribution in [2.24, 2.45) is 0 Å². The molecule has 0 heterocycles. The van der Waals surface area contributed by atoms with Gasteiger partial charge < -0.3 is 15.7 Å². The zero-order valence-corrected chi connectivity index (χ0v) is 12.1. The van der Waals surface area contributed by atoms with Crippen LogP contribution in [0.2, 0.25) is 5.02 Å². The Bertz CT molecular complexity index is 630. The molecule has 1 rings (SSSR count). The first-order chi connectivity index (χ1) is 9.19. The van der Waals surface area contributed by atoms with Crippen molar-refractivity contribution in [3.05, 3.63) is 28.8 Å². The summed E-state index contributed by atoms with van der Waals surface area (Å²) >= 11 is 5.74. The first kappa shape index (κ1) is 16.3. The van der Waals surface area contributed by atoms with Crippen molar-refractivity contribution in [1.82, 2.24) is 5.32 Å². The number of benzene rings is 1. The highest BCUT2D eigenvalue weighted by molar-refractivity contribution is 7.90. The number of sulfone groups is 1. The van der Waals surface area contributed by atoms with Gasteiger partial charge in [-0.1, -0.05) is 11.6 Å². The lowest BCUT2D eigenvalue weighted by molar-refractivity contribution is 0.0697. The van der Waals surface area contributed by atoms with E-state index in [9.17, 15) is 18.0 Å². The van der Waals surface area contributed by atoms with Crippen LogP contribution in [0.4, 0.5) is 10.5 Å². The van der Waals surface area contributed by atoms with Gasteiger partial charge in [0.2, 0.25) is 0 Å². The number of hydrogen-bond acceptors (Lipinski definition) is 4. The highest BCUT2D eigenvalue weighted by Crippen LogP contribution is 2.20. The molecule has 0 aromatic heterocycles. The van der Waals surface area contributed by atoms with Crippen LogP contribution in [0.15, 0.2) is 18.2 Å². The highest BCUT2D eigenvalue weighted by Gasteiger charge is 2.10. The lowest BCUT2D eigenvalue weighted by Crippen LogP contribution is -2.32. The summed E-state index contributed by atoms with van der Waals surface area (Å²) < 4.78 is 21.7. The Morgan fingerprint density at radius 2 is 2.00 bits per heavy atom. The van der Waals surface area contributed by atoms with E-state index in [2.05, 4.69) is 10.6 Å². The van der Waals surface area contributed by atoms with Crippen LogP contribution in [0.1, 0.15) is 10.4 Å². The number of aromatic carboxylic acids is 1. The number of carboxylic acid groups (broad SMARTS) is 1. The molecule has 3 N–H and O–H groups in total. The molecule has 0 atom stereocenters. The normalized spacial score (nSPS) is 10.9. The Hall–Kier alpha value is -1.80. The number of hydrogen-bond donors (Lipinski definition) is 3. The van der Waals surface area contributed by atoms with Crippen LogP contribution in [-0.4, -0.2) is 44.1 Å². The first-order valence-corrected chi connectivity index (χ1v) is 7.88. The van der Waals surface area contributed by atoms with Gasteiger partial charge in [0.25, 0.3) is 0 Å². The van der Waals surface area contributed by atoms with Crippen molar-refractivity contribution in [1.29, 1.82) is 0 Å². The van der Waals surface area contributed by atoms with Crippen LogP contribution in [0.25, 0.3) is 0 Å². The number of rotatable bonds is 5. The third-order valence-corrected chi connectivity index (χ3v) is 3.47. The van der Waals surface area contributed by atoms with E-state index < -0.39 is 21.8 Å². The molecule has 1 aromatic carbocycles. The van der Waals surface area contributed by atoms with Gasteiger partial charge in [0.1, 0.15) is 9.84 Å². The second kappa shape index (κ2) is 6.58. The van der Waals surface area contributed by atoms with E-state index in [1.165, 1.54) is 18.2 Å². The van der Waals surface area contributed by atoms with E-state index in [4.69, 9.17) is 16.7 Å². The van der Waals surface area contributed by atoms with Gasteiger partial charge in [-0.2, -0.15) is 0 Å². The molecular weight excluding hydrogens is 308 g/mol. The van der Waals surface area contributed by atoms with Crippen LogP contribution in [0.3, 0.4) is 0 Å². The van der Waals surface area contributed by atoms with Gasteiger partial charge in [-0.15, -0.1) is 0 Å². The van der Waals surface area contributed by atoms with E-state index in [0.29, 0.717) is 5.69 Å². The van der Waals surface area contributed by atoms with Crippen molar-refractivity contribution < 1.29 is 23.1 Å². The van der Waals surface area contributed by atoms with Crippen molar-refractivity contribution >= 4 is 39.1 Å². The average Bonchev–Trinajstić information content (AvgIpc) is 2.26. The predicted octanol–water partition coefficient (Wildman–Crippen LogP) is 1.20. The second-order valence-electron chi connectivity index (χ2n) is 4.01. The Morgan fingerprint density at radius 1 is 1.35 bits per heavy atom. The number of halogens is 1. The lowest BCUT2D eigenvalue weighted by atomic mass is 10.2. The fraction of sp³-hybridized carbons (Fsp3) is 0.273. The molecule has 0 spiro atoms. The Morgan fingerprint density at radius 3 is 2.50 bits per heavy atom. The average molecular weight is 321 g/mol. The monoisotopic (exact) mass is 320 g/mol. The number of nitrogens with one attached hydrogen (secondary N) is 2. The van der Waals surface area contributed by atoms with Crippen molar-refractivity contribution in [3.8, 4) is 0 Å². The van der Waals surface area contributed by atoms with Crippen molar-refractivity contribution in [2.45, 2.75) is 0 Å². The first-order valence-electron chi connectivity index (χ1n) is 5.44. The molecule has 20 heavy (non-hydrogen) atoms. The van der Waals surface area contributed by atoms with Crippen LogP contribution in [-0.2, 0) is 9.84 Å². The highest BCUT2D eigenvalue weighted by atomic mass is 35.5. The van der Waals surface area contributed by atoms with Crippen molar-refractivity contribution in [2.75, 3.05) is 23.9 Å². The molecule has 0 aliphatic rings. The maximum atomic E-state index is 11.5. The number of carbonyl (C=O) groups excluding carboxylic acids is 1. The number of carbonyl (C=O) groups is 2. The lowest BCUT2D eigenvalue weighted by Gasteiger charge is -2.08. The third-order valence-electron chi connectivity index (χ3n) is 2.22. The fourth-order valence-electron chi connectivity index (χ4n) is 1.29. The van der Waals surface area contributed by atoms with E-state index in [1.54, 1.807) is 0 Å². The van der Waals surface area contributed by atoms with E-state index in [0.717, 1.165) is 6.26 Å². The van der Waals surface area contributed by atoms with Crippen molar-refractivity contribution in [3.63, 3.8) is 0 Å². The molecule has 0 saturated carbocycles. The van der Waals surface area contributed by atoms with Gasteiger partial charge in [0.15, 0.2) is 0 Å². The SMILES string of the molecule is CS(=O)(=O)CCNC(=O)Nc1ccc(C(=O)O)c(Cl)c1. The largest absolute Gasteiger partial charge is 0.478 e. The molecule has 110 valence electrons. The molecule has 2 amide bonds. The molecule has 0 fully saturated rings. The van der Waals surface area contributed by atoms with E-state index in [-0.39, 0.29) is 22.9 Å². The molecule has 0 aliphatic heterocycles. The summed E-state index contributed by atoms with van der Waals surface area (Å²) in [6.45, 7) is -0.0222. The predicted molar refractivity (Wildman–Crippen MR) is 75.1 cm³/mol. The molecule has 7 nitrogen and oxygen atoms in total. The van der Waals surface area contributed by atoms with Crippen LogP contribution in [0.5, 0.6) is 0 Å².